The molecule has 17 heteroatoms. The number of para-hydroxylation sites is 1. The molecule has 0 bridgehead atoms. The summed E-state index contributed by atoms with van der Waals surface area (Å²) < 4.78 is 56.6. The van der Waals surface area contributed by atoms with E-state index in [1.807, 2.05) is 29.1 Å². The molecule has 1 atom stereocenters. The lowest BCUT2D eigenvalue weighted by molar-refractivity contribution is -0.141. The van der Waals surface area contributed by atoms with Gasteiger partial charge in [0.05, 0.1) is 53.3 Å². The summed E-state index contributed by atoms with van der Waals surface area (Å²) in [7, 11) is 3.16. The number of methoxy groups -OCH3 is 1. The Morgan fingerprint density at radius 1 is 0.946 bits per heavy atom. The number of nitrogens with zero attached hydrogens (tertiary/aromatic N) is 6. The van der Waals surface area contributed by atoms with Crippen molar-refractivity contribution < 1.29 is 37.0 Å². The van der Waals surface area contributed by atoms with Crippen molar-refractivity contribution >= 4 is 51.0 Å². The number of carbonyl (C=O) groups excluding carboxylic acids is 3. The molecule has 1 aliphatic carbocycles. The van der Waals surface area contributed by atoms with Crippen LogP contribution in [0.5, 0.6) is 5.75 Å². The molecule has 8 rings (SSSR count). The minimum atomic E-state index is -4.68. The molecular weight excluding hydrogens is 733 g/mol. The predicted octanol–water partition coefficient (Wildman–Crippen LogP) is 5.51. The minimum absolute atomic E-state index is 0.100. The van der Waals surface area contributed by atoms with Crippen LogP contribution < -0.4 is 26.0 Å². The zero-order valence-corrected chi connectivity index (χ0v) is 30.8. The van der Waals surface area contributed by atoms with Gasteiger partial charge in [0.15, 0.2) is 0 Å². The van der Waals surface area contributed by atoms with Gasteiger partial charge in [0.1, 0.15) is 23.2 Å². The molecule has 56 heavy (non-hydrogen) atoms. The number of alkyl halides is 3. The normalized spacial score (nSPS) is 21.1. The average molecular weight is 775 g/mol. The Morgan fingerprint density at radius 2 is 1.68 bits per heavy atom. The van der Waals surface area contributed by atoms with Crippen LogP contribution in [0.15, 0.2) is 59.5 Å². The number of imide groups is 1. The van der Waals surface area contributed by atoms with E-state index in [4.69, 9.17) is 14.6 Å². The highest BCUT2D eigenvalue weighted by Crippen LogP contribution is 2.37. The molecule has 3 aromatic heterocycles. The molecule has 2 N–H and O–H groups in total. The van der Waals surface area contributed by atoms with Crippen molar-refractivity contribution in [2.24, 2.45) is 7.05 Å². The molecule has 5 aromatic rings. The third-order valence-electron chi connectivity index (χ3n) is 11.2. The Hall–Kier alpha value is -5.71. The van der Waals surface area contributed by atoms with Gasteiger partial charge in [0, 0.05) is 44.2 Å². The summed E-state index contributed by atoms with van der Waals surface area (Å²) >= 11 is 0. The lowest BCUT2D eigenvalue weighted by Gasteiger charge is -2.37. The van der Waals surface area contributed by atoms with E-state index in [1.54, 1.807) is 23.7 Å². The van der Waals surface area contributed by atoms with E-state index < -0.39 is 29.7 Å². The molecule has 294 valence electrons. The van der Waals surface area contributed by atoms with Crippen LogP contribution in [-0.2, 0) is 27.5 Å². The van der Waals surface area contributed by atoms with Gasteiger partial charge in [-0.1, -0.05) is 12.1 Å². The second kappa shape index (κ2) is 14.7. The highest BCUT2D eigenvalue weighted by atomic mass is 19.4. The van der Waals surface area contributed by atoms with Crippen LogP contribution in [-0.4, -0.2) is 74.0 Å². The van der Waals surface area contributed by atoms with Crippen LogP contribution in [0.25, 0.3) is 21.9 Å². The average Bonchev–Trinajstić information content (AvgIpc) is 3.72. The largest absolute Gasteiger partial charge is 0.494 e. The predicted molar refractivity (Wildman–Crippen MR) is 200 cm³/mol. The molecule has 2 saturated heterocycles. The number of hydrogen-bond acceptors (Lipinski definition) is 9. The molecule has 3 amide bonds. The molecular formula is C39H41F3N8O6. The second-order valence-electron chi connectivity index (χ2n) is 14.7. The lowest BCUT2D eigenvalue weighted by atomic mass is 9.92. The van der Waals surface area contributed by atoms with Gasteiger partial charge in [-0.15, -0.1) is 0 Å². The second-order valence-corrected chi connectivity index (χ2v) is 14.7. The monoisotopic (exact) mass is 774 g/mol. The van der Waals surface area contributed by atoms with Gasteiger partial charge < -0.3 is 19.7 Å². The van der Waals surface area contributed by atoms with Gasteiger partial charge in [-0.3, -0.25) is 33.5 Å². The number of ether oxygens (including phenoxy) is 2. The maximum absolute atomic E-state index is 13.4. The molecule has 2 aliphatic heterocycles. The molecule has 0 radical (unpaired) electrons. The summed E-state index contributed by atoms with van der Waals surface area (Å²) in [6.07, 6.45) is 3.02. The number of nitrogens with one attached hydrogen (secondary N) is 2. The zero-order chi connectivity index (χ0) is 39.3. The number of anilines is 2. The van der Waals surface area contributed by atoms with Gasteiger partial charge in [-0.25, -0.2) is 9.78 Å². The minimum Gasteiger partial charge on any atom is -0.494 e. The number of piperidine rings is 2. The highest BCUT2D eigenvalue weighted by Gasteiger charge is 2.35. The fraction of sp³-hybridized carbons (Fsp3) is 0.436. The van der Waals surface area contributed by atoms with Crippen molar-refractivity contribution in [1.82, 2.24) is 29.2 Å². The topological polar surface area (TPSA) is 155 Å². The Bertz CT molecular complexity index is 2390. The number of halogens is 3. The number of amides is 3. The van der Waals surface area contributed by atoms with Crippen molar-refractivity contribution in [2.75, 3.05) is 30.4 Å². The molecule has 2 aromatic carbocycles. The molecule has 1 saturated carbocycles. The fourth-order valence-electron chi connectivity index (χ4n) is 8.28. The Labute approximate surface area is 318 Å². The Balaban J connectivity index is 0.877. The van der Waals surface area contributed by atoms with Crippen LogP contribution >= 0.6 is 0 Å². The van der Waals surface area contributed by atoms with Crippen LogP contribution in [0.4, 0.5) is 24.5 Å². The quantitative estimate of drug-likeness (QED) is 0.194. The van der Waals surface area contributed by atoms with Gasteiger partial charge in [-0.2, -0.15) is 18.3 Å². The summed E-state index contributed by atoms with van der Waals surface area (Å²) in [5.74, 6) is -1.26. The summed E-state index contributed by atoms with van der Waals surface area (Å²) in [4.78, 5) is 56.5. The third-order valence-corrected chi connectivity index (χ3v) is 11.2. The maximum atomic E-state index is 13.4. The number of fused-ring (bicyclic) bond motifs is 2. The molecule has 3 aliphatic rings. The number of carbonyl (C=O) groups is 3. The molecule has 14 nitrogen and oxygen atoms in total. The van der Waals surface area contributed by atoms with Gasteiger partial charge in [0.2, 0.25) is 11.8 Å². The number of rotatable bonds is 8. The molecule has 0 spiro atoms. The van der Waals surface area contributed by atoms with Crippen molar-refractivity contribution in [1.29, 1.82) is 0 Å². The van der Waals surface area contributed by atoms with E-state index in [-0.39, 0.29) is 48.4 Å². The number of hydrogen-bond donors (Lipinski definition) is 2. The summed E-state index contributed by atoms with van der Waals surface area (Å²) in [6, 6.07) is 11.7. The van der Waals surface area contributed by atoms with E-state index in [1.165, 1.54) is 17.7 Å². The molecule has 3 fully saturated rings. The van der Waals surface area contributed by atoms with Gasteiger partial charge >= 0.3 is 11.9 Å². The first-order valence-corrected chi connectivity index (χ1v) is 18.7. The van der Waals surface area contributed by atoms with E-state index in [0.29, 0.717) is 22.5 Å². The molecule has 1 unspecified atom stereocenters. The van der Waals surface area contributed by atoms with Crippen LogP contribution in [0, 0.1) is 0 Å². The van der Waals surface area contributed by atoms with E-state index >= 15 is 0 Å². The number of pyridine rings is 1. The van der Waals surface area contributed by atoms with Crippen molar-refractivity contribution in [3.8, 4) is 5.75 Å². The van der Waals surface area contributed by atoms with Crippen LogP contribution in [0.3, 0.4) is 0 Å². The zero-order valence-electron chi connectivity index (χ0n) is 30.8. The standard InChI is InChI=1S/C39H41F3N8O6/c1-47-35-29(6-4-7-30(35)50(38(47)54)31-13-14-34(51)45-37(31)53)48-17-15-25(16-18-48)56-24-11-9-23(10-12-24)49-21-22-19-28(32(55-2)20-27(22)46-49)44-36(52)26-5-3-8-33(43-26)39(40,41)42/h3-8,19-21,23-25,31H,9-18H2,1-2H3,(H,44,52)(H,45,51,53)/t23-,24-,31?. The summed E-state index contributed by atoms with van der Waals surface area (Å²) in [5.41, 5.74) is 1.50. The van der Waals surface area contributed by atoms with Crippen LogP contribution in [0.2, 0.25) is 0 Å². The van der Waals surface area contributed by atoms with E-state index in [9.17, 15) is 32.3 Å². The van der Waals surface area contributed by atoms with Gasteiger partial charge in [-0.05, 0) is 75.3 Å². The first kappa shape index (κ1) is 37.2. The Kier molecular flexibility index (Phi) is 9.80. The number of aromatic nitrogens is 5. The van der Waals surface area contributed by atoms with Crippen molar-refractivity contribution in [3.05, 3.63) is 76.6 Å². The first-order chi connectivity index (χ1) is 26.9. The molecule has 5 heterocycles. The fourth-order valence-corrected chi connectivity index (χ4v) is 8.28. The highest BCUT2D eigenvalue weighted by molar-refractivity contribution is 6.05. The maximum Gasteiger partial charge on any atom is 0.433 e. The van der Waals surface area contributed by atoms with E-state index in [0.717, 1.165) is 80.3 Å². The van der Waals surface area contributed by atoms with Gasteiger partial charge in [0.25, 0.3) is 5.91 Å². The summed E-state index contributed by atoms with van der Waals surface area (Å²) in [5, 5.41) is 10.5. The number of benzene rings is 2. The third kappa shape index (κ3) is 7.10. The number of imidazole rings is 1. The lowest BCUT2D eigenvalue weighted by Crippen LogP contribution is -2.44. The Morgan fingerprint density at radius 3 is 2.39 bits per heavy atom. The smallest absolute Gasteiger partial charge is 0.433 e. The van der Waals surface area contributed by atoms with Crippen molar-refractivity contribution in [3.63, 3.8) is 0 Å². The van der Waals surface area contributed by atoms with E-state index in [2.05, 4.69) is 20.5 Å². The summed E-state index contributed by atoms with van der Waals surface area (Å²) in [6.45, 7) is 1.50. The van der Waals surface area contributed by atoms with Crippen molar-refractivity contribution in [2.45, 2.75) is 81.8 Å². The number of aryl methyl sites for hydroxylation is 1. The first-order valence-electron chi connectivity index (χ1n) is 18.7. The SMILES string of the molecule is COc1cc2nn([C@H]3CC[C@H](OC4CCN(c5cccc6c5n(C)c(=O)n6C5CCC(=O)NC5=O)CC4)CC3)cc2cc1NC(=O)c1cccc(C(F)(F)F)n1. The van der Waals surface area contributed by atoms with Crippen LogP contribution in [0.1, 0.15) is 79.6 Å².